The van der Waals surface area contributed by atoms with Crippen LogP contribution in [0.15, 0.2) is 73.2 Å². The fourth-order valence-corrected chi connectivity index (χ4v) is 2.60. The second-order valence-electron chi connectivity index (χ2n) is 5.14. The average Bonchev–Trinajstić information content (AvgIpc) is 3.04. The number of aromatic nitrogens is 2. The van der Waals surface area contributed by atoms with Gasteiger partial charge in [0, 0.05) is 37.3 Å². The minimum atomic E-state index is 0.338. The van der Waals surface area contributed by atoms with Crippen molar-refractivity contribution < 1.29 is 0 Å². The summed E-state index contributed by atoms with van der Waals surface area (Å²) in [6.07, 6.45) is 5.72. The van der Waals surface area contributed by atoms with Crippen LogP contribution in [0.2, 0.25) is 0 Å². The molecular formula is C18H19N3. The molecule has 0 aliphatic carbocycles. The number of rotatable bonds is 4. The molecule has 106 valence electrons. The Kier molecular flexibility index (Phi) is 3.73. The molecule has 1 unspecified atom stereocenters. The zero-order valence-electron chi connectivity index (χ0n) is 12.3. The maximum atomic E-state index is 4.08. The van der Waals surface area contributed by atoms with E-state index in [9.17, 15) is 0 Å². The predicted molar refractivity (Wildman–Crippen MR) is 86.4 cm³/mol. The van der Waals surface area contributed by atoms with Crippen molar-refractivity contribution in [1.82, 2.24) is 9.66 Å². The van der Waals surface area contributed by atoms with Crippen molar-refractivity contribution in [3.63, 3.8) is 0 Å². The Labute approximate surface area is 125 Å². The molecule has 1 aromatic carbocycles. The molecule has 0 N–H and O–H groups in total. The van der Waals surface area contributed by atoms with Gasteiger partial charge in [-0.05, 0) is 29.8 Å². The lowest BCUT2D eigenvalue weighted by molar-refractivity contribution is 0.698. The standard InChI is InChI=1S/C18H19N3/c1-15(16-7-4-3-5-8-16)18-9-6-14-21(18)20(2)17-10-12-19-13-11-17/h3-15H,1-2H3. The molecule has 0 saturated carbocycles. The minimum Gasteiger partial charge on any atom is -0.285 e. The van der Waals surface area contributed by atoms with E-state index in [0.29, 0.717) is 5.92 Å². The van der Waals surface area contributed by atoms with Crippen molar-refractivity contribution in [2.45, 2.75) is 12.8 Å². The lowest BCUT2D eigenvalue weighted by Crippen LogP contribution is -2.26. The number of anilines is 1. The minimum absolute atomic E-state index is 0.338. The Morgan fingerprint density at radius 3 is 2.38 bits per heavy atom. The van der Waals surface area contributed by atoms with E-state index in [1.54, 1.807) is 0 Å². The Morgan fingerprint density at radius 1 is 0.952 bits per heavy atom. The van der Waals surface area contributed by atoms with Crippen molar-refractivity contribution in [3.8, 4) is 0 Å². The summed E-state index contributed by atoms with van der Waals surface area (Å²) in [7, 11) is 2.07. The van der Waals surface area contributed by atoms with Gasteiger partial charge in [-0.1, -0.05) is 37.3 Å². The molecule has 0 fully saturated rings. The second-order valence-corrected chi connectivity index (χ2v) is 5.14. The van der Waals surface area contributed by atoms with Gasteiger partial charge in [-0.15, -0.1) is 0 Å². The highest BCUT2D eigenvalue weighted by molar-refractivity contribution is 5.44. The third kappa shape index (κ3) is 2.68. The van der Waals surface area contributed by atoms with E-state index < -0.39 is 0 Å². The molecule has 3 rings (SSSR count). The van der Waals surface area contributed by atoms with Crippen LogP contribution in [-0.2, 0) is 0 Å². The Balaban J connectivity index is 1.94. The maximum Gasteiger partial charge on any atom is 0.0605 e. The molecule has 0 saturated heterocycles. The quantitative estimate of drug-likeness (QED) is 0.720. The summed E-state index contributed by atoms with van der Waals surface area (Å²) < 4.78 is 2.19. The third-order valence-corrected chi connectivity index (χ3v) is 3.86. The van der Waals surface area contributed by atoms with Crippen molar-refractivity contribution in [3.05, 3.63) is 84.4 Å². The number of hydrogen-bond donors (Lipinski definition) is 0. The van der Waals surface area contributed by atoms with Gasteiger partial charge < -0.3 is 0 Å². The molecule has 0 bridgehead atoms. The first-order valence-electron chi connectivity index (χ1n) is 7.13. The highest BCUT2D eigenvalue weighted by Crippen LogP contribution is 2.26. The van der Waals surface area contributed by atoms with Crippen molar-refractivity contribution in [2.75, 3.05) is 12.1 Å². The molecule has 2 aromatic heterocycles. The Hall–Kier alpha value is -2.55. The van der Waals surface area contributed by atoms with Crippen molar-refractivity contribution in [2.24, 2.45) is 0 Å². The van der Waals surface area contributed by atoms with E-state index in [0.717, 1.165) is 5.69 Å². The van der Waals surface area contributed by atoms with Crippen LogP contribution in [0.3, 0.4) is 0 Å². The molecule has 0 aliphatic heterocycles. The normalized spacial score (nSPS) is 12.1. The van der Waals surface area contributed by atoms with Crippen LogP contribution in [0.1, 0.15) is 24.1 Å². The topological polar surface area (TPSA) is 21.1 Å². The van der Waals surface area contributed by atoms with Crippen LogP contribution in [0.5, 0.6) is 0 Å². The van der Waals surface area contributed by atoms with Gasteiger partial charge in [-0.3, -0.25) is 14.7 Å². The van der Waals surface area contributed by atoms with E-state index in [1.165, 1.54) is 11.3 Å². The molecule has 1 atom stereocenters. The first kappa shape index (κ1) is 13.4. The first-order chi connectivity index (χ1) is 10.3. The summed E-state index contributed by atoms with van der Waals surface area (Å²) in [5.41, 5.74) is 3.70. The summed E-state index contributed by atoms with van der Waals surface area (Å²) in [5.74, 6) is 0.338. The van der Waals surface area contributed by atoms with Crippen molar-refractivity contribution >= 4 is 5.69 Å². The highest BCUT2D eigenvalue weighted by Gasteiger charge is 2.14. The van der Waals surface area contributed by atoms with Crippen LogP contribution in [-0.4, -0.2) is 16.7 Å². The summed E-state index contributed by atoms with van der Waals surface area (Å²) in [5, 5.41) is 2.14. The predicted octanol–water partition coefficient (Wildman–Crippen LogP) is 3.93. The monoisotopic (exact) mass is 277 g/mol. The van der Waals surface area contributed by atoms with Crippen LogP contribution in [0.4, 0.5) is 5.69 Å². The molecule has 0 spiro atoms. The largest absolute Gasteiger partial charge is 0.285 e. The Morgan fingerprint density at radius 2 is 1.67 bits per heavy atom. The highest BCUT2D eigenvalue weighted by atomic mass is 15.5. The van der Waals surface area contributed by atoms with Gasteiger partial charge in [0.2, 0.25) is 0 Å². The third-order valence-electron chi connectivity index (χ3n) is 3.86. The fourth-order valence-electron chi connectivity index (χ4n) is 2.60. The van der Waals surface area contributed by atoms with Crippen LogP contribution in [0, 0.1) is 0 Å². The second kappa shape index (κ2) is 5.83. The van der Waals surface area contributed by atoms with Crippen molar-refractivity contribution in [1.29, 1.82) is 0 Å². The average molecular weight is 277 g/mol. The van der Waals surface area contributed by atoms with Gasteiger partial charge in [0.25, 0.3) is 0 Å². The number of pyridine rings is 1. The molecular weight excluding hydrogens is 258 g/mol. The van der Waals surface area contributed by atoms with Gasteiger partial charge in [0.05, 0.1) is 5.69 Å². The smallest absolute Gasteiger partial charge is 0.0605 e. The number of nitrogens with zero attached hydrogens (tertiary/aromatic N) is 3. The van der Waals surface area contributed by atoms with E-state index >= 15 is 0 Å². The van der Waals surface area contributed by atoms with E-state index in [1.807, 2.05) is 24.5 Å². The van der Waals surface area contributed by atoms with Gasteiger partial charge in [-0.2, -0.15) is 0 Å². The number of hydrogen-bond acceptors (Lipinski definition) is 2. The summed E-state index contributed by atoms with van der Waals surface area (Å²) in [6, 6.07) is 18.9. The van der Waals surface area contributed by atoms with E-state index in [4.69, 9.17) is 0 Å². The lowest BCUT2D eigenvalue weighted by Gasteiger charge is -2.26. The van der Waals surface area contributed by atoms with Crippen LogP contribution < -0.4 is 5.01 Å². The molecule has 3 aromatic rings. The molecule has 3 heteroatoms. The van der Waals surface area contributed by atoms with Crippen LogP contribution in [0.25, 0.3) is 0 Å². The van der Waals surface area contributed by atoms with Gasteiger partial charge >= 0.3 is 0 Å². The molecule has 3 nitrogen and oxygen atoms in total. The van der Waals surface area contributed by atoms with E-state index in [-0.39, 0.29) is 0 Å². The van der Waals surface area contributed by atoms with E-state index in [2.05, 4.69) is 77.3 Å². The maximum absolute atomic E-state index is 4.08. The number of benzene rings is 1. The SMILES string of the molecule is CC(c1ccccc1)c1cccn1N(C)c1ccncc1. The summed E-state index contributed by atoms with van der Waals surface area (Å²) in [6.45, 7) is 2.24. The van der Waals surface area contributed by atoms with Gasteiger partial charge in [0.15, 0.2) is 0 Å². The summed E-state index contributed by atoms with van der Waals surface area (Å²) in [4.78, 5) is 4.08. The molecule has 0 aliphatic rings. The molecule has 0 amide bonds. The zero-order valence-corrected chi connectivity index (χ0v) is 12.3. The molecule has 21 heavy (non-hydrogen) atoms. The Bertz CT molecular complexity index is 629. The molecule has 2 heterocycles. The molecule has 0 radical (unpaired) electrons. The zero-order chi connectivity index (χ0) is 14.7. The fraction of sp³-hybridized carbons (Fsp3) is 0.167. The van der Waals surface area contributed by atoms with Gasteiger partial charge in [-0.25, -0.2) is 0 Å². The first-order valence-corrected chi connectivity index (χ1v) is 7.13. The summed E-state index contributed by atoms with van der Waals surface area (Å²) >= 11 is 0. The lowest BCUT2D eigenvalue weighted by atomic mass is 9.98. The van der Waals surface area contributed by atoms with Gasteiger partial charge in [0.1, 0.15) is 0 Å². The van der Waals surface area contributed by atoms with Crippen LogP contribution >= 0.6 is 0 Å².